The number of benzene rings is 6. The van der Waals surface area contributed by atoms with Crippen LogP contribution in [0.3, 0.4) is 0 Å². The maximum absolute atomic E-state index is 5.23. The van der Waals surface area contributed by atoms with Crippen LogP contribution in [-0.4, -0.2) is 15.0 Å². The lowest BCUT2D eigenvalue weighted by Gasteiger charge is -2.28. The lowest BCUT2D eigenvalue weighted by molar-refractivity contribution is 0.662. The molecule has 3 aliphatic rings. The summed E-state index contributed by atoms with van der Waals surface area (Å²) in [6.45, 7) is 0. The molecule has 0 amide bonds. The minimum absolute atomic E-state index is 0.0473. The predicted molar refractivity (Wildman–Crippen MR) is 214 cm³/mol. The molecule has 4 heteroatoms. The van der Waals surface area contributed by atoms with E-state index in [1.165, 1.54) is 27.6 Å². The molecular formula is C48H34N4. The van der Waals surface area contributed by atoms with Gasteiger partial charge in [0.2, 0.25) is 0 Å². The normalized spacial score (nSPS) is 18.7. The van der Waals surface area contributed by atoms with E-state index < -0.39 is 0 Å². The number of anilines is 1. The van der Waals surface area contributed by atoms with Crippen molar-refractivity contribution in [3.63, 3.8) is 0 Å². The van der Waals surface area contributed by atoms with Gasteiger partial charge in [0.15, 0.2) is 17.5 Å². The molecule has 7 aromatic rings. The Morgan fingerprint density at radius 3 is 2.12 bits per heavy atom. The van der Waals surface area contributed by atoms with Crippen LogP contribution >= 0.6 is 0 Å². The van der Waals surface area contributed by atoms with Crippen LogP contribution in [0.2, 0.25) is 0 Å². The Morgan fingerprint density at radius 2 is 1.25 bits per heavy atom. The largest absolute Gasteiger partial charge is 0.374 e. The van der Waals surface area contributed by atoms with Crippen molar-refractivity contribution in [1.82, 2.24) is 15.0 Å². The molecule has 0 fully saturated rings. The summed E-state index contributed by atoms with van der Waals surface area (Å²) in [6, 6.07) is 47.2. The van der Waals surface area contributed by atoms with Gasteiger partial charge >= 0.3 is 0 Å². The van der Waals surface area contributed by atoms with E-state index in [9.17, 15) is 0 Å². The average molecular weight is 667 g/mol. The van der Waals surface area contributed by atoms with Crippen molar-refractivity contribution in [3.8, 4) is 22.8 Å². The molecule has 0 bridgehead atoms. The Hall–Kier alpha value is -6.65. The Bertz CT molecular complexity index is 2670. The molecule has 4 nitrogen and oxygen atoms in total. The van der Waals surface area contributed by atoms with Crippen molar-refractivity contribution in [3.05, 3.63) is 205 Å². The molecule has 1 aliphatic heterocycles. The van der Waals surface area contributed by atoms with E-state index in [0.717, 1.165) is 38.5 Å². The highest BCUT2D eigenvalue weighted by Gasteiger charge is 2.25. The van der Waals surface area contributed by atoms with Crippen molar-refractivity contribution >= 4 is 38.4 Å². The molecule has 0 spiro atoms. The summed E-state index contributed by atoms with van der Waals surface area (Å²) in [5, 5.41) is 8.43. The van der Waals surface area contributed by atoms with Crippen LogP contribution in [0.5, 0.6) is 0 Å². The summed E-state index contributed by atoms with van der Waals surface area (Å²) in [5.41, 5.74) is 8.86. The summed E-state index contributed by atoms with van der Waals surface area (Å²) >= 11 is 0. The fraction of sp³-hybridized carbons (Fsp3) is 0.0625. The first-order valence-electron chi connectivity index (χ1n) is 17.9. The quantitative estimate of drug-likeness (QED) is 0.199. The fourth-order valence-corrected chi connectivity index (χ4v) is 7.83. The Balaban J connectivity index is 1.16. The monoisotopic (exact) mass is 666 g/mol. The third kappa shape index (κ3) is 5.37. The topological polar surface area (TPSA) is 50.7 Å². The molecule has 2 heterocycles. The lowest BCUT2D eigenvalue weighted by Crippen LogP contribution is -2.15. The molecule has 0 saturated heterocycles. The van der Waals surface area contributed by atoms with Gasteiger partial charge in [0, 0.05) is 39.8 Å². The number of aromatic nitrogens is 3. The Morgan fingerprint density at radius 1 is 0.500 bits per heavy atom. The summed E-state index contributed by atoms with van der Waals surface area (Å²) in [5.74, 6) is 2.62. The SMILES string of the molecule is C1=CC2C=CC(c3nc(-c4ccc5ccccc5c4)nc(-c4cccc5c6c(ccc45)NC(c4ccccc4)C=C6c4ccccc4)n3)=CC2C=C1. The predicted octanol–water partition coefficient (Wildman–Crippen LogP) is 11.4. The number of hydrogen-bond acceptors (Lipinski definition) is 4. The molecule has 1 aromatic heterocycles. The molecule has 0 radical (unpaired) electrons. The van der Waals surface area contributed by atoms with Crippen LogP contribution in [0.15, 0.2) is 182 Å². The van der Waals surface area contributed by atoms with Crippen LogP contribution in [0.25, 0.3) is 55.5 Å². The van der Waals surface area contributed by atoms with Crippen molar-refractivity contribution in [2.24, 2.45) is 11.8 Å². The molecule has 1 N–H and O–H groups in total. The average Bonchev–Trinajstić information content (AvgIpc) is 3.23. The van der Waals surface area contributed by atoms with Gasteiger partial charge in [0.25, 0.3) is 0 Å². The van der Waals surface area contributed by atoms with Crippen molar-refractivity contribution < 1.29 is 0 Å². The second kappa shape index (κ2) is 12.6. The zero-order valence-corrected chi connectivity index (χ0v) is 28.4. The van der Waals surface area contributed by atoms with Gasteiger partial charge in [-0.1, -0.05) is 164 Å². The van der Waals surface area contributed by atoms with Crippen LogP contribution < -0.4 is 5.32 Å². The molecule has 3 atom stereocenters. The maximum atomic E-state index is 5.23. The molecule has 10 rings (SSSR count). The molecule has 2 aliphatic carbocycles. The lowest BCUT2D eigenvalue weighted by atomic mass is 9.83. The summed E-state index contributed by atoms with van der Waals surface area (Å²) in [7, 11) is 0. The zero-order valence-electron chi connectivity index (χ0n) is 28.4. The van der Waals surface area contributed by atoms with Gasteiger partial charge in [-0.25, -0.2) is 15.0 Å². The van der Waals surface area contributed by atoms with E-state index in [2.05, 4.69) is 187 Å². The molecule has 0 saturated carbocycles. The number of nitrogens with one attached hydrogen (secondary N) is 1. The molecule has 52 heavy (non-hydrogen) atoms. The maximum Gasteiger partial charge on any atom is 0.164 e. The van der Waals surface area contributed by atoms with E-state index in [-0.39, 0.29) is 12.0 Å². The first-order valence-corrected chi connectivity index (χ1v) is 17.9. The second-order valence-electron chi connectivity index (χ2n) is 13.6. The highest BCUT2D eigenvalue weighted by molar-refractivity contribution is 6.08. The highest BCUT2D eigenvalue weighted by Crippen LogP contribution is 2.44. The highest BCUT2D eigenvalue weighted by atomic mass is 15.0. The van der Waals surface area contributed by atoms with Gasteiger partial charge in [-0.2, -0.15) is 0 Å². The van der Waals surface area contributed by atoms with Gasteiger partial charge in [0.05, 0.1) is 6.04 Å². The van der Waals surface area contributed by atoms with Gasteiger partial charge in [-0.3, -0.25) is 0 Å². The first-order chi connectivity index (χ1) is 25.7. The molecular weight excluding hydrogens is 633 g/mol. The van der Waals surface area contributed by atoms with Gasteiger partial charge in [-0.15, -0.1) is 0 Å². The van der Waals surface area contributed by atoms with Crippen LogP contribution in [0.1, 0.15) is 28.6 Å². The number of nitrogens with zero attached hydrogens (tertiary/aromatic N) is 3. The smallest absolute Gasteiger partial charge is 0.164 e. The number of rotatable bonds is 5. The Labute approximate surface area is 303 Å². The summed E-state index contributed by atoms with van der Waals surface area (Å²) in [4.78, 5) is 15.6. The standard InChI is InChI=1S/C48H34N4/c1-3-14-33(15-4-1)42-30-44(34-16-5-2-6-17-34)49-43-27-26-39-40(45(42)43)20-11-21-41(39)48-51-46(37-24-22-31-12-7-9-18-35(31)28-37)50-47(52-48)38-25-23-32-13-8-10-19-36(32)29-38/h1-31,35,44,49H. The minimum atomic E-state index is 0.0473. The summed E-state index contributed by atoms with van der Waals surface area (Å²) < 4.78 is 0. The van der Waals surface area contributed by atoms with E-state index in [4.69, 9.17) is 15.0 Å². The van der Waals surface area contributed by atoms with Gasteiger partial charge in [0.1, 0.15) is 0 Å². The van der Waals surface area contributed by atoms with E-state index in [1.807, 2.05) is 0 Å². The van der Waals surface area contributed by atoms with Crippen LogP contribution in [0.4, 0.5) is 5.69 Å². The van der Waals surface area contributed by atoms with Crippen LogP contribution in [0, 0.1) is 11.8 Å². The second-order valence-corrected chi connectivity index (χ2v) is 13.6. The minimum Gasteiger partial charge on any atom is -0.374 e. The molecule has 6 aromatic carbocycles. The first kappa shape index (κ1) is 30.2. The van der Waals surface area contributed by atoms with E-state index in [1.54, 1.807) is 0 Å². The number of fused-ring (bicyclic) bond motifs is 5. The number of hydrogen-bond donors (Lipinski definition) is 1. The fourth-order valence-electron chi connectivity index (χ4n) is 7.83. The summed E-state index contributed by atoms with van der Waals surface area (Å²) in [6.07, 6.45) is 17.8. The Kier molecular flexibility index (Phi) is 7.31. The number of allylic oxidation sites excluding steroid dienone is 8. The van der Waals surface area contributed by atoms with E-state index >= 15 is 0 Å². The third-order valence-electron chi connectivity index (χ3n) is 10.5. The van der Waals surface area contributed by atoms with Crippen molar-refractivity contribution in [2.45, 2.75) is 6.04 Å². The third-order valence-corrected chi connectivity index (χ3v) is 10.5. The van der Waals surface area contributed by atoms with E-state index in [0.29, 0.717) is 23.4 Å². The van der Waals surface area contributed by atoms with Gasteiger partial charge in [-0.05, 0) is 56.5 Å². The molecule has 3 unspecified atom stereocenters. The zero-order chi connectivity index (χ0) is 34.4. The molecule has 246 valence electrons. The van der Waals surface area contributed by atoms with Gasteiger partial charge < -0.3 is 5.32 Å². The van der Waals surface area contributed by atoms with Crippen LogP contribution in [-0.2, 0) is 0 Å². The van der Waals surface area contributed by atoms with Crippen molar-refractivity contribution in [1.29, 1.82) is 0 Å². The van der Waals surface area contributed by atoms with Crippen molar-refractivity contribution in [2.75, 3.05) is 5.32 Å².